The highest BCUT2D eigenvalue weighted by molar-refractivity contribution is 6.09. The van der Waals surface area contributed by atoms with Gasteiger partial charge in [-0.05, 0) is 24.3 Å². The summed E-state index contributed by atoms with van der Waals surface area (Å²) in [5.41, 5.74) is 5.71. The molecule has 0 bridgehead atoms. The van der Waals surface area contributed by atoms with Crippen LogP contribution in [0.3, 0.4) is 0 Å². The summed E-state index contributed by atoms with van der Waals surface area (Å²) < 4.78 is 3.42. The number of benzene rings is 1. The second-order valence-electron chi connectivity index (χ2n) is 5.14. The molecule has 0 unspecified atom stereocenters. The molecule has 0 saturated heterocycles. The first-order valence-electron chi connectivity index (χ1n) is 6.77. The highest BCUT2D eigenvalue weighted by Crippen LogP contribution is 2.27. The Morgan fingerprint density at radius 1 is 1.00 bits per heavy atom. The molecule has 0 aliphatic carbocycles. The van der Waals surface area contributed by atoms with Gasteiger partial charge in [0.25, 0.3) is 11.5 Å². The van der Waals surface area contributed by atoms with Gasteiger partial charge in [0.05, 0.1) is 5.52 Å². The minimum absolute atomic E-state index is 0.118. The van der Waals surface area contributed by atoms with E-state index in [9.17, 15) is 14.4 Å². The van der Waals surface area contributed by atoms with Gasteiger partial charge >= 0.3 is 6.09 Å². The highest BCUT2D eigenvalue weighted by Gasteiger charge is 2.14. The Hall–Kier alpha value is -3.29. The van der Waals surface area contributed by atoms with Crippen LogP contribution in [-0.4, -0.2) is 26.2 Å². The van der Waals surface area contributed by atoms with Gasteiger partial charge in [-0.15, -0.1) is 0 Å². The molecule has 0 radical (unpaired) electrons. The van der Waals surface area contributed by atoms with Crippen LogP contribution in [0, 0.1) is 0 Å². The first-order valence-corrected chi connectivity index (χ1v) is 6.77. The number of fused-ring (bicyclic) bond motifs is 3. The van der Waals surface area contributed by atoms with Gasteiger partial charge in [0.2, 0.25) is 0 Å². The Labute approximate surface area is 129 Å². The number of hydrogen-bond acceptors (Lipinski definition) is 3. The Kier molecular flexibility index (Phi) is 3.29. The van der Waals surface area contributed by atoms with E-state index in [0.29, 0.717) is 5.56 Å². The van der Waals surface area contributed by atoms with E-state index in [-0.39, 0.29) is 5.56 Å². The Morgan fingerprint density at radius 3 is 2.43 bits per heavy atom. The van der Waals surface area contributed by atoms with Crippen molar-refractivity contribution < 1.29 is 14.7 Å². The molecule has 8 nitrogen and oxygen atoms in total. The number of nitrogens with zero attached hydrogens (tertiary/aromatic N) is 2. The maximum absolute atomic E-state index is 12.0. The molecule has 3 rings (SSSR count). The van der Waals surface area contributed by atoms with Gasteiger partial charge in [-0.3, -0.25) is 19.6 Å². The Bertz CT molecular complexity index is 1020. The van der Waals surface area contributed by atoms with Crippen LogP contribution < -0.4 is 16.4 Å². The molecule has 2 amide bonds. The summed E-state index contributed by atoms with van der Waals surface area (Å²) >= 11 is 0. The fraction of sp³-hybridized carbons (Fsp3) is 0.133. The van der Waals surface area contributed by atoms with Crippen molar-refractivity contribution in [2.75, 3.05) is 0 Å². The summed E-state index contributed by atoms with van der Waals surface area (Å²) in [7, 11) is 3.53. The second-order valence-corrected chi connectivity index (χ2v) is 5.14. The van der Waals surface area contributed by atoms with Crippen LogP contribution in [0.25, 0.3) is 21.9 Å². The molecule has 0 saturated carbocycles. The van der Waals surface area contributed by atoms with Crippen molar-refractivity contribution in [3.05, 3.63) is 46.2 Å². The number of pyridine rings is 1. The molecule has 0 aliphatic rings. The predicted molar refractivity (Wildman–Crippen MR) is 84.3 cm³/mol. The van der Waals surface area contributed by atoms with Crippen LogP contribution in [0.4, 0.5) is 4.79 Å². The summed E-state index contributed by atoms with van der Waals surface area (Å²) in [6.45, 7) is 0. The maximum atomic E-state index is 12.0. The smallest absolute Gasteiger partial charge is 0.423 e. The molecular weight excluding hydrogens is 300 g/mol. The molecule has 23 heavy (non-hydrogen) atoms. The molecule has 0 atom stereocenters. The second kappa shape index (κ2) is 5.16. The normalized spacial score (nSPS) is 10.9. The predicted octanol–water partition coefficient (Wildman–Crippen LogP) is 0.943. The summed E-state index contributed by atoms with van der Waals surface area (Å²) in [5, 5.41) is 10.2. The quantitative estimate of drug-likeness (QED) is 0.581. The maximum Gasteiger partial charge on any atom is 0.423 e. The number of aryl methyl sites for hydroxylation is 2. The molecular formula is C15H14N4O4. The lowest BCUT2D eigenvalue weighted by Gasteiger charge is -2.04. The van der Waals surface area contributed by atoms with Crippen LogP contribution in [0.5, 0.6) is 0 Å². The lowest BCUT2D eigenvalue weighted by Crippen LogP contribution is -2.40. The van der Waals surface area contributed by atoms with E-state index < -0.39 is 12.0 Å². The highest BCUT2D eigenvalue weighted by atomic mass is 16.4. The fourth-order valence-corrected chi connectivity index (χ4v) is 2.72. The monoisotopic (exact) mass is 314 g/mol. The number of carbonyl (C=O) groups excluding carboxylic acids is 1. The molecule has 1 aromatic carbocycles. The molecule has 0 spiro atoms. The first kappa shape index (κ1) is 14.6. The number of amides is 2. The molecule has 2 heterocycles. The van der Waals surface area contributed by atoms with Gasteiger partial charge in [-0.25, -0.2) is 10.2 Å². The molecule has 0 aliphatic heterocycles. The first-order chi connectivity index (χ1) is 10.9. The van der Waals surface area contributed by atoms with Crippen molar-refractivity contribution in [3.8, 4) is 0 Å². The van der Waals surface area contributed by atoms with Crippen LogP contribution in [0.1, 0.15) is 10.4 Å². The van der Waals surface area contributed by atoms with E-state index in [2.05, 4.69) is 5.43 Å². The average Bonchev–Trinajstić information content (AvgIpc) is 2.81. The standard InChI is InChI=1S/C15H14N4O4/c1-18-11-5-3-8(13(21)16-17-15(22)23)7-10(11)9-4-6-12(20)19(2)14(9)18/h3-7,17H,1-2H3,(H,16,21)(H,22,23). The zero-order valence-corrected chi connectivity index (χ0v) is 12.5. The van der Waals surface area contributed by atoms with Gasteiger partial charge in [0.15, 0.2) is 0 Å². The topological polar surface area (TPSA) is 105 Å². The number of hydrogen-bond donors (Lipinski definition) is 3. The van der Waals surface area contributed by atoms with Gasteiger partial charge in [-0.2, -0.15) is 0 Å². The number of nitrogens with one attached hydrogen (secondary N) is 2. The van der Waals surface area contributed by atoms with Crippen molar-refractivity contribution in [1.29, 1.82) is 0 Å². The lowest BCUT2D eigenvalue weighted by molar-refractivity contribution is 0.0926. The van der Waals surface area contributed by atoms with Gasteiger partial charge in [0, 0.05) is 36.5 Å². The van der Waals surface area contributed by atoms with Crippen LogP contribution in [0.15, 0.2) is 35.1 Å². The van der Waals surface area contributed by atoms with Crippen LogP contribution in [0.2, 0.25) is 0 Å². The van der Waals surface area contributed by atoms with E-state index in [1.165, 1.54) is 6.07 Å². The number of carboxylic acid groups (broad SMARTS) is 1. The SMILES string of the molecule is Cn1c(=O)ccc2c3cc(C(=O)NNC(=O)O)ccc3n(C)c21. The molecule has 2 aromatic heterocycles. The zero-order valence-electron chi connectivity index (χ0n) is 12.5. The number of rotatable bonds is 1. The summed E-state index contributed by atoms with van der Waals surface area (Å²) in [5.74, 6) is -0.559. The minimum atomic E-state index is -1.35. The van der Waals surface area contributed by atoms with Gasteiger partial charge in [0.1, 0.15) is 5.65 Å². The van der Waals surface area contributed by atoms with E-state index in [4.69, 9.17) is 5.11 Å². The zero-order chi connectivity index (χ0) is 16.7. The molecule has 0 fully saturated rings. The van der Waals surface area contributed by atoms with E-state index in [1.807, 2.05) is 17.0 Å². The van der Waals surface area contributed by atoms with Crippen molar-refractivity contribution >= 4 is 33.9 Å². The fourth-order valence-electron chi connectivity index (χ4n) is 2.72. The third-order valence-corrected chi connectivity index (χ3v) is 3.79. The third kappa shape index (κ3) is 2.30. The molecule has 3 N–H and O–H groups in total. The average molecular weight is 314 g/mol. The Balaban J connectivity index is 2.18. The van der Waals surface area contributed by atoms with Crippen molar-refractivity contribution in [1.82, 2.24) is 20.0 Å². The van der Waals surface area contributed by atoms with Crippen molar-refractivity contribution in [3.63, 3.8) is 0 Å². The van der Waals surface area contributed by atoms with Crippen molar-refractivity contribution in [2.45, 2.75) is 0 Å². The largest absolute Gasteiger partial charge is 0.464 e. The third-order valence-electron chi connectivity index (χ3n) is 3.79. The number of aromatic nitrogens is 2. The van der Waals surface area contributed by atoms with Crippen molar-refractivity contribution in [2.24, 2.45) is 14.1 Å². The lowest BCUT2D eigenvalue weighted by atomic mass is 10.1. The summed E-state index contributed by atoms with van der Waals surface area (Å²) in [6, 6.07) is 8.21. The van der Waals surface area contributed by atoms with E-state index in [1.54, 1.807) is 35.9 Å². The van der Waals surface area contributed by atoms with Gasteiger partial charge in [-0.1, -0.05) is 0 Å². The van der Waals surface area contributed by atoms with E-state index in [0.717, 1.165) is 21.9 Å². The van der Waals surface area contributed by atoms with Crippen LogP contribution in [-0.2, 0) is 14.1 Å². The van der Waals surface area contributed by atoms with Crippen LogP contribution >= 0.6 is 0 Å². The summed E-state index contributed by atoms with van der Waals surface area (Å²) in [6.07, 6.45) is -1.35. The van der Waals surface area contributed by atoms with E-state index >= 15 is 0 Å². The Morgan fingerprint density at radius 2 is 1.74 bits per heavy atom. The minimum Gasteiger partial charge on any atom is -0.464 e. The number of carbonyl (C=O) groups is 2. The molecule has 118 valence electrons. The molecule has 8 heteroatoms. The van der Waals surface area contributed by atoms with Gasteiger partial charge < -0.3 is 9.67 Å². The number of hydrazine groups is 1. The molecule has 3 aromatic rings. The summed E-state index contributed by atoms with van der Waals surface area (Å²) in [4.78, 5) is 34.2.